The van der Waals surface area contributed by atoms with Gasteiger partial charge in [-0.25, -0.2) is 0 Å². The number of anilines is 1. The lowest BCUT2D eigenvalue weighted by Gasteiger charge is -2.24. The molecule has 4 heteroatoms. The van der Waals surface area contributed by atoms with Crippen molar-refractivity contribution in [3.63, 3.8) is 0 Å². The first-order chi connectivity index (χ1) is 13.1. The molecule has 3 aromatic carbocycles. The molecule has 0 bridgehead atoms. The van der Waals surface area contributed by atoms with Gasteiger partial charge in [0, 0.05) is 5.56 Å². The van der Waals surface area contributed by atoms with E-state index in [2.05, 4.69) is 6.07 Å². The number of fused-ring (bicyclic) bond motifs is 1. The van der Waals surface area contributed by atoms with E-state index in [-0.39, 0.29) is 6.54 Å². The molecule has 1 aliphatic heterocycles. The van der Waals surface area contributed by atoms with Crippen molar-refractivity contribution < 1.29 is 9.90 Å². The fourth-order valence-corrected chi connectivity index (χ4v) is 3.68. The number of amides is 1. The van der Waals surface area contributed by atoms with Crippen LogP contribution in [0.5, 0.6) is 0 Å². The number of nitriles is 1. The van der Waals surface area contributed by atoms with Crippen molar-refractivity contribution in [1.29, 1.82) is 5.26 Å². The number of hydrogen-bond donors (Lipinski definition) is 1. The minimum atomic E-state index is -1.73. The van der Waals surface area contributed by atoms with Gasteiger partial charge in [0.15, 0.2) is 5.60 Å². The summed E-state index contributed by atoms with van der Waals surface area (Å²) in [5, 5.41) is 20.9. The van der Waals surface area contributed by atoms with Gasteiger partial charge in [0.1, 0.15) is 0 Å². The van der Waals surface area contributed by atoms with Gasteiger partial charge in [-0.1, -0.05) is 66.2 Å². The van der Waals surface area contributed by atoms with Gasteiger partial charge in [0.2, 0.25) is 0 Å². The molecule has 0 unspecified atom stereocenters. The third kappa shape index (κ3) is 2.61. The highest BCUT2D eigenvalue weighted by atomic mass is 16.3. The number of aryl methyl sites for hydroxylation is 1. The largest absolute Gasteiger partial charge is 0.372 e. The fraction of sp³-hybridized carbons (Fsp3) is 0.130. The summed E-state index contributed by atoms with van der Waals surface area (Å²) < 4.78 is 0. The van der Waals surface area contributed by atoms with Crippen molar-refractivity contribution in [3.05, 3.63) is 101 Å². The van der Waals surface area contributed by atoms with E-state index in [1.165, 1.54) is 0 Å². The van der Waals surface area contributed by atoms with Crippen LogP contribution >= 0.6 is 0 Å². The molecule has 1 atom stereocenters. The maximum Gasteiger partial charge on any atom is 0.268 e. The molecule has 0 radical (unpaired) electrons. The topological polar surface area (TPSA) is 64.3 Å². The lowest BCUT2D eigenvalue weighted by molar-refractivity contribution is -0.132. The quantitative estimate of drug-likeness (QED) is 0.781. The Morgan fingerprint density at radius 3 is 2.56 bits per heavy atom. The number of para-hydroxylation sites is 1. The zero-order valence-electron chi connectivity index (χ0n) is 14.9. The number of nitrogens with zero attached hydrogens (tertiary/aromatic N) is 2. The predicted molar refractivity (Wildman–Crippen MR) is 103 cm³/mol. The number of benzene rings is 3. The SMILES string of the molecule is Cc1cccc([C@@]2(O)C(=O)N(Cc3ccccc3C#N)c3ccccc32)c1. The Labute approximate surface area is 157 Å². The van der Waals surface area contributed by atoms with Gasteiger partial charge >= 0.3 is 0 Å². The summed E-state index contributed by atoms with van der Waals surface area (Å²) in [5.41, 5.74) is 2.29. The van der Waals surface area contributed by atoms with Gasteiger partial charge in [0.05, 0.1) is 23.9 Å². The van der Waals surface area contributed by atoms with Gasteiger partial charge in [-0.15, -0.1) is 0 Å². The highest BCUT2D eigenvalue weighted by Crippen LogP contribution is 2.45. The van der Waals surface area contributed by atoms with Crippen molar-refractivity contribution in [2.75, 3.05) is 4.90 Å². The zero-order chi connectivity index (χ0) is 19.0. The maximum atomic E-state index is 13.4. The molecule has 3 aromatic rings. The molecule has 1 amide bonds. The van der Waals surface area contributed by atoms with Gasteiger partial charge in [-0.05, 0) is 30.2 Å². The van der Waals surface area contributed by atoms with Gasteiger partial charge < -0.3 is 10.0 Å². The van der Waals surface area contributed by atoms with E-state index >= 15 is 0 Å². The van der Waals surface area contributed by atoms with E-state index in [0.717, 1.165) is 11.1 Å². The van der Waals surface area contributed by atoms with Crippen molar-refractivity contribution >= 4 is 11.6 Å². The van der Waals surface area contributed by atoms with Crippen LogP contribution in [0.3, 0.4) is 0 Å². The van der Waals surface area contributed by atoms with E-state index in [4.69, 9.17) is 0 Å². The summed E-state index contributed by atoms with van der Waals surface area (Å²) in [5.74, 6) is -0.401. The summed E-state index contributed by atoms with van der Waals surface area (Å²) in [6.07, 6.45) is 0. The Morgan fingerprint density at radius 2 is 1.78 bits per heavy atom. The van der Waals surface area contributed by atoms with Crippen LogP contribution in [0.4, 0.5) is 5.69 Å². The molecule has 0 aromatic heterocycles. The average molecular weight is 354 g/mol. The first-order valence-electron chi connectivity index (χ1n) is 8.74. The number of hydrogen-bond acceptors (Lipinski definition) is 3. The van der Waals surface area contributed by atoms with Crippen LogP contribution in [-0.2, 0) is 16.9 Å². The molecule has 4 nitrogen and oxygen atoms in total. The summed E-state index contributed by atoms with van der Waals surface area (Å²) in [7, 11) is 0. The lowest BCUT2D eigenvalue weighted by atomic mass is 9.87. The standard InChI is InChI=1S/C23H18N2O2/c1-16-7-6-10-19(13-16)23(27)20-11-4-5-12-21(20)25(22(23)26)15-18-9-3-2-8-17(18)14-24/h2-13,27H,15H2,1H3/t23-/m0/s1. The van der Waals surface area contributed by atoms with Crippen LogP contribution in [0.2, 0.25) is 0 Å². The fourth-order valence-electron chi connectivity index (χ4n) is 3.68. The molecule has 27 heavy (non-hydrogen) atoms. The summed E-state index contributed by atoms with van der Waals surface area (Å²) in [6.45, 7) is 2.16. The highest BCUT2D eigenvalue weighted by molar-refractivity contribution is 6.09. The first-order valence-corrected chi connectivity index (χ1v) is 8.74. The number of carbonyl (C=O) groups is 1. The molecule has 0 spiro atoms. The monoisotopic (exact) mass is 354 g/mol. The molecule has 1 N–H and O–H groups in total. The molecule has 1 aliphatic rings. The third-order valence-electron chi connectivity index (χ3n) is 5.04. The van der Waals surface area contributed by atoms with Gasteiger partial charge in [-0.3, -0.25) is 4.79 Å². The smallest absolute Gasteiger partial charge is 0.268 e. The molecule has 4 rings (SSSR count). The highest BCUT2D eigenvalue weighted by Gasteiger charge is 2.50. The molecule has 132 valence electrons. The van der Waals surface area contributed by atoms with E-state index in [9.17, 15) is 15.2 Å². The molecular formula is C23H18N2O2. The van der Waals surface area contributed by atoms with Crippen LogP contribution < -0.4 is 4.90 Å². The number of rotatable bonds is 3. The summed E-state index contributed by atoms with van der Waals surface area (Å²) in [6, 6.07) is 24.0. The normalized spacial score (nSPS) is 18.3. The summed E-state index contributed by atoms with van der Waals surface area (Å²) in [4.78, 5) is 15.0. The number of aliphatic hydroxyl groups is 1. The molecule has 0 saturated heterocycles. The third-order valence-corrected chi connectivity index (χ3v) is 5.04. The first kappa shape index (κ1) is 17.0. The van der Waals surface area contributed by atoms with Gasteiger partial charge in [0.25, 0.3) is 5.91 Å². The van der Waals surface area contributed by atoms with Crippen molar-refractivity contribution in [3.8, 4) is 6.07 Å². The molecule has 0 fully saturated rings. The van der Waals surface area contributed by atoms with E-state index in [1.807, 2.05) is 55.5 Å². The average Bonchev–Trinajstić information content (AvgIpc) is 2.91. The minimum Gasteiger partial charge on any atom is -0.372 e. The van der Waals surface area contributed by atoms with Crippen LogP contribution in [0.1, 0.15) is 27.8 Å². The minimum absolute atomic E-state index is 0.230. The van der Waals surface area contributed by atoms with Crippen LogP contribution in [-0.4, -0.2) is 11.0 Å². The van der Waals surface area contributed by atoms with Crippen molar-refractivity contribution in [1.82, 2.24) is 0 Å². The van der Waals surface area contributed by atoms with Crippen LogP contribution in [0.15, 0.2) is 72.8 Å². The van der Waals surface area contributed by atoms with E-state index < -0.39 is 11.5 Å². The maximum absolute atomic E-state index is 13.4. The Bertz CT molecular complexity index is 1080. The molecular weight excluding hydrogens is 336 g/mol. The lowest BCUT2D eigenvalue weighted by Crippen LogP contribution is -2.41. The van der Waals surface area contributed by atoms with Crippen molar-refractivity contribution in [2.45, 2.75) is 19.1 Å². The second-order valence-corrected chi connectivity index (χ2v) is 6.76. The van der Waals surface area contributed by atoms with Crippen molar-refractivity contribution in [2.24, 2.45) is 0 Å². The second-order valence-electron chi connectivity index (χ2n) is 6.76. The molecule has 0 aliphatic carbocycles. The zero-order valence-corrected chi connectivity index (χ0v) is 14.9. The Morgan fingerprint density at radius 1 is 1.04 bits per heavy atom. The Balaban J connectivity index is 1.84. The van der Waals surface area contributed by atoms with Crippen LogP contribution in [0, 0.1) is 18.3 Å². The van der Waals surface area contributed by atoms with Gasteiger partial charge in [-0.2, -0.15) is 5.26 Å². The Hall–Kier alpha value is -3.42. The molecule has 0 saturated carbocycles. The predicted octanol–water partition coefficient (Wildman–Crippen LogP) is 3.65. The second kappa shape index (κ2) is 6.39. The Kier molecular flexibility index (Phi) is 4.02. The number of carbonyl (C=O) groups excluding carboxylic acids is 1. The summed E-state index contributed by atoms with van der Waals surface area (Å²) >= 11 is 0. The molecule has 1 heterocycles. The van der Waals surface area contributed by atoms with E-state index in [0.29, 0.717) is 22.4 Å². The van der Waals surface area contributed by atoms with E-state index in [1.54, 1.807) is 29.2 Å². The van der Waals surface area contributed by atoms with Crippen LogP contribution in [0.25, 0.3) is 0 Å².